The molecule has 0 saturated carbocycles. The largest absolute Gasteiger partial charge is 0.490 e. The SMILES string of the molecule is Cc1ccccc1NC(=O)Cc1ccc2c(c1)OCCCO2. The van der Waals surface area contributed by atoms with E-state index in [2.05, 4.69) is 5.32 Å². The molecule has 1 aliphatic heterocycles. The van der Waals surface area contributed by atoms with Crippen LogP contribution in [0.4, 0.5) is 5.69 Å². The lowest BCUT2D eigenvalue weighted by Crippen LogP contribution is -2.15. The summed E-state index contributed by atoms with van der Waals surface area (Å²) in [5, 5.41) is 2.94. The van der Waals surface area contributed by atoms with Crippen LogP contribution in [0.15, 0.2) is 42.5 Å². The van der Waals surface area contributed by atoms with Crippen LogP contribution in [-0.4, -0.2) is 19.1 Å². The molecule has 0 fully saturated rings. The number of rotatable bonds is 3. The van der Waals surface area contributed by atoms with Gasteiger partial charge in [0.1, 0.15) is 0 Å². The molecule has 0 atom stereocenters. The maximum absolute atomic E-state index is 12.2. The average molecular weight is 297 g/mol. The van der Waals surface area contributed by atoms with E-state index < -0.39 is 0 Å². The second kappa shape index (κ2) is 6.52. The summed E-state index contributed by atoms with van der Waals surface area (Å²) in [5.41, 5.74) is 2.81. The van der Waals surface area contributed by atoms with Crippen LogP contribution < -0.4 is 14.8 Å². The summed E-state index contributed by atoms with van der Waals surface area (Å²) < 4.78 is 11.2. The molecule has 1 N–H and O–H groups in total. The molecule has 0 bridgehead atoms. The molecule has 2 aromatic rings. The van der Waals surface area contributed by atoms with Crippen LogP contribution in [0.3, 0.4) is 0 Å². The number of hydrogen-bond donors (Lipinski definition) is 1. The number of ether oxygens (including phenoxy) is 2. The Labute approximate surface area is 130 Å². The second-order valence-corrected chi connectivity index (χ2v) is 5.37. The van der Waals surface area contributed by atoms with Crippen molar-refractivity contribution in [1.29, 1.82) is 0 Å². The zero-order valence-corrected chi connectivity index (χ0v) is 12.6. The van der Waals surface area contributed by atoms with E-state index in [1.54, 1.807) is 0 Å². The summed E-state index contributed by atoms with van der Waals surface area (Å²) in [6.45, 7) is 3.29. The third kappa shape index (κ3) is 3.39. The predicted molar refractivity (Wildman–Crippen MR) is 85.6 cm³/mol. The van der Waals surface area contributed by atoms with Gasteiger partial charge in [-0.3, -0.25) is 4.79 Å². The van der Waals surface area contributed by atoms with Crippen molar-refractivity contribution in [3.05, 3.63) is 53.6 Å². The van der Waals surface area contributed by atoms with Crippen molar-refractivity contribution in [2.75, 3.05) is 18.5 Å². The summed E-state index contributed by atoms with van der Waals surface area (Å²) >= 11 is 0. The minimum absolute atomic E-state index is 0.0382. The van der Waals surface area contributed by atoms with Crippen molar-refractivity contribution < 1.29 is 14.3 Å². The molecule has 0 saturated heterocycles. The molecular weight excluding hydrogens is 278 g/mol. The molecule has 2 aromatic carbocycles. The number of hydrogen-bond acceptors (Lipinski definition) is 3. The summed E-state index contributed by atoms with van der Waals surface area (Å²) in [6, 6.07) is 13.4. The van der Waals surface area contributed by atoms with Gasteiger partial charge in [0.2, 0.25) is 5.91 Å². The van der Waals surface area contributed by atoms with Gasteiger partial charge in [-0.05, 0) is 36.2 Å². The molecule has 0 radical (unpaired) electrons. The zero-order valence-electron chi connectivity index (χ0n) is 12.6. The van der Waals surface area contributed by atoms with Gasteiger partial charge in [0.05, 0.1) is 19.6 Å². The number of nitrogens with one attached hydrogen (secondary N) is 1. The Balaban J connectivity index is 1.69. The van der Waals surface area contributed by atoms with E-state index in [0.717, 1.165) is 34.7 Å². The van der Waals surface area contributed by atoms with E-state index in [9.17, 15) is 4.79 Å². The Morgan fingerprint density at radius 1 is 1.09 bits per heavy atom. The minimum Gasteiger partial charge on any atom is -0.490 e. The number of aryl methyl sites for hydroxylation is 1. The normalized spacial score (nSPS) is 13.3. The maximum Gasteiger partial charge on any atom is 0.228 e. The average Bonchev–Trinajstić information content (AvgIpc) is 2.74. The van der Waals surface area contributed by atoms with Gasteiger partial charge >= 0.3 is 0 Å². The summed E-state index contributed by atoms with van der Waals surface area (Å²) in [7, 11) is 0. The summed E-state index contributed by atoms with van der Waals surface area (Å²) in [6.07, 6.45) is 1.18. The number of carbonyl (C=O) groups is 1. The number of para-hydroxylation sites is 1. The molecule has 1 amide bonds. The predicted octanol–water partition coefficient (Wildman–Crippen LogP) is 3.34. The van der Waals surface area contributed by atoms with Gasteiger partial charge in [-0.1, -0.05) is 24.3 Å². The highest BCUT2D eigenvalue weighted by Gasteiger charge is 2.12. The highest BCUT2D eigenvalue weighted by molar-refractivity contribution is 5.93. The van der Waals surface area contributed by atoms with Gasteiger partial charge in [-0.25, -0.2) is 0 Å². The second-order valence-electron chi connectivity index (χ2n) is 5.37. The van der Waals surface area contributed by atoms with Crippen LogP contribution in [0.1, 0.15) is 17.5 Å². The Morgan fingerprint density at radius 2 is 1.86 bits per heavy atom. The molecule has 1 aliphatic rings. The Bertz CT molecular complexity index is 682. The van der Waals surface area contributed by atoms with E-state index in [1.807, 2.05) is 49.4 Å². The molecular formula is C18H19NO3. The molecule has 114 valence electrons. The smallest absolute Gasteiger partial charge is 0.228 e. The van der Waals surface area contributed by atoms with Gasteiger partial charge < -0.3 is 14.8 Å². The number of amides is 1. The van der Waals surface area contributed by atoms with Crippen LogP contribution in [0, 0.1) is 6.92 Å². The monoisotopic (exact) mass is 297 g/mol. The van der Waals surface area contributed by atoms with Crippen LogP contribution in [0.25, 0.3) is 0 Å². The molecule has 3 rings (SSSR count). The lowest BCUT2D eigenvalue weighted by atomic mass is 10.1. The number of benzene rings is 2. The minimum atomic E-state index is -0.0382. The van der Waals surface area contributed by atoms with Crippen molar-refractivity contribution in [3.8, 4) is 11.5 Å². The lowest BCUT2D eigenvalue weighted by Gasteiger charge is -2.10. The Hall–Kier alpha value is -2.49. The van der Waals surface area contributed by atoms with E-state index in [1.165, 1.54) is 0 Å². The van der Waals surface area contributed by atoms with Crippen molar-refractivity contribution in [2.45, 2.75) is 19.8 Å². The molecule has 0 spiro atoms. The standard InChI is InChI=1S/C18H19NO3/c1-13-5-2-3-6-15(13)19-18(20)12-14-7-8-16-17(11-14)22-10-4-9-21-16/h2-3,5-8,11H,4,9-10,12H2,1H3,(H,19,20). The topological polar surface area (TPSA) is 47.6 Å². The first-order chi connectivity index (χ1) is 10.7. The number of fused-ring (bicyclic) bond motifs is 1. The fourth-order valence-electron chi connectivity index (χ4n) is 2.41. The Kier molecular flexibility index (Phi) is 4.28. The zero-order chi connectivity index (χ0) is 15.4. The molecule has 1 heterocycles. The fraction of sp³-hybridized carbons (Fsp3) is 0.278. The van der Waals surface area contributed by atoms with Gasteiger partial charge in [-0.15, -0.1) is 0 Å². The molecule has 22 heavy (non-hydrogen) atoms. The first-order valence-electron chi connectivity index (χ1n) is 7.46. The van der Waals surface area contributed by atoms with E-state index in [0.29, 0.717) is 19.6 Å². The molecule has 0 aromatic heterocycles. The highest BCUT2D eigenvalue weighted by atomic mass is 16.5. The van der Waals surface area contributed by atoms with E-state index in [-0.39, 0.29) is 5.91 Å². The van der Waals surface area contributed by atoms with Gasteiger partial charge in [0.15, 0.2) is 11.5 Å². The van der Waals surface area contributed by atoms with Crippen molar-refractivity contribution in [2.24, 2.45) is 0 Å². The van der Waals surface area contributed by atoms with E-state index in [4.69, 9.17) is 9.47 Å². The summed E-state index contributed by atoms with van der Waals surface area (Å²) in [4.78, 5) is 12.2. The van der Waals surface area contributed by atoms with Crippen LogP contribution >= 0.6 is 0 Å². The van der Waals surface area contributed by atoms with Gasteiger partial charge in [0, 0.05) is 12.1 Å². The number of carbonyl (C=O) groups excluding carboxylic acids is 1. The van der Waals surface area contributed by atoms with Crippen LogP contribution in [0.5, 0.6) is 11.5 Å². The van der Waals surface area contributed by atoms with Crippen molar-refractivity contribution in [1.82, 2.24) is 0 Å². The third-order valence-electron chi connectivity index (χ3n) is 3.60. The summed E-state index contributed by atoms with van der Waals surface area (Å²) in [5.74, 6) is 1.43. The third-order valence-corrected chi connectivity index (χ3v) is 3.60. The van der Waals surface area contributed by atoms with Crippen LogP contribution in [-0.2, 0) is 11.2 Å². The molecule has 0 aliphatic carbocycles. The Morgan fingerprint density at radius 3 is 2.68 bits per heavy atom. The molecule has 4 heteroatoms. The van der Waals surface area contributed by atoms with Gasteiger partial charge in [0.25, 0.3) is 0 Å². The molecule has 4 nitrogen and oxygen atoms in total. The van der Waals surface area contributed by atoms with Gasteiger partial charge in [-0.2, -0.15) is 0 Å². The first-order valence-corrected chi connectivity index (χ1v) is 7.46. The highest BCUT2D eigenvalue weighted by Crippen LogP contribution is 2.30. The van der Waals surface area contributed by atoms with Crippen LogP contribution in [0.2, 0.25) is 0 Å². The fourth-order valence-corrected chi connectivity index (χ4v) is 2.41. The van der Waals surface area contributed by atoms with E-state index >= 15 is 0 Å². The lowest BCUT2D eigenvalue weighted by molar-refractivity contribution is -0.115. The maximum atomic E-state index is 12.2. The first kappa shape index (κ1) is 14.4. The number of anilines is 1. The van der Waals surface area contributed by atoms with Crippen molar-refractivity contribution >= 4 is 11.6 Å². The quantitative estimate of drug-likeness (QED) is 0.945. The van der Waals surface area contributed by atoms with Crippen molar-refractivity contribution in [3.63, 3.8) is 0 Å². The molecule has 0 unspecified atom stereocenters.